The van der Waals surface area contributed by atoms with Crippen LogP contribution in [-0.2, 0) is 0 Å². The summed E-state index contributed by atoms with van der Waals surface area (Å²) in [6, 6.07) is 22.3. The number of anilines is 1. The molecule has 4 heteroatoms. The Morgan fingerprint density at radius 1 is 0.815 bits per heavy atom. The number of carbonyl (C=O) groups excluding carboxylic acids is 1. The molecule has 1 amide bonds. The van der Waals surface area contributed by atoms with Crippen molar-refractivity contribution in [2.24, 2.45) is 0 Å². The maximum absolute atomic E-state index is 12.7. The zero-order valence-corrected chi connectivity index (χ0v) is 15.2. The molecule has 0 saturated heterocycles. The molecule has 0 bridgehead atoms. The summed E-state index contributed by atoms with van der Waals surface area (Å²) in [5, 5.41) is 2.88. The first kappa shape index (κ1) is 18.1. The lowest BCUT2D eigenvalue weighted by atomic mass is 10.1. The van der Waals surface area contributed by atoms with Crippen LogP contribution in [0.15, 0.2) is 72.8 Å². The zero-order valence-electron chi connectivity index (χ0n) is 15.2. The molecular formula is C23H19NO3. The summed E-state index contributed by atoms with van der Waals surface area (Å²) in [4.78, 5) is 12.7. The van der Waals surface area contributed by atoms with Gasteiger partial charge in [-0.1, -0.05) is 42.2 Å². The summed E-state index contributed by atoms with van der Waals surface area (Å²) >= 11 is 0. The molecule has 0 aliphatic heterocycles. The minimum absolute atomic E-state index is 0.279. The Labute approximate surface area is 158 Å². The SMILES string of the molecule is COc1cccc(C(=O)Nc2cccc(C#Cc3ccccc3)c2)c1OC. The second-order valence-electron chi connectivity index (χ2n) is 5.69. The van der Waals surface area contributed by atoms with Crippen LogP contribution in [0.1, 0.15) is 21.5 Å². The molecule has 0 aliphatic carbocycles. The van der Waals surface area contributed by atoms with Gasteiger partial charge in [-0.05, 0) is 42.5 Å². The highest BCUT2D eigenvalue weighted by Gasteiger charge is 2.16. The number of carbonyl (C=O) groups is 1. The van der Waals surface area contributed by atoms with E-state index in [-0.39, 0.29) is 5.91 Å². The molecule has 27 heavy (non-hydrogen) atoms. The van der Waals surface area contributed by atoms with Crippen LogP contribution in [0.4, 0.5) is 5.69 Å². The molecule has 0 unspecified atom stereocenters. The lowest BCUT2D eigenvalue weighted by Gasteiger charge is -2.12. The molecule has 134 valence electrons. The highest BCUT2D eigenvalue weighted by atomic mass is 16.5. The quantitative estimate of drug-likeness (QED) is 0.706. The van der Waals surface area contributed by atoms with Gasteiger partial charge < -0.3 is 14.8 Å². The molecule has 0 saturated carbocycles. The molecule has 0 radical (unpaired) electrons. The second-order valence-corrected chi connectivity index (χ2v) is 5.69. The van der Waals surface area contributed by atoms with Gasteiger partial charge in [-0.25, -0.2) is 0 Å². The molecule has 0 spiro atoms. The molecule has 0 aromatic heterocycles. The van der Waals surface area contributed by atoms with Gasteiger partial charge in [0.15, 0.2) is 11.5 Å². The van der Waals surface area contributed by atoms with Crippen molar-refractivity contribution >= 4 is 11.6 Å². The van der Waals surface area contributed by atoms with Gasteiger partial charge in [0.1, 0.15) is 0 Å². The van der Waals surface area contributed by atoms with E-state index in [0.29, 0.717) is 22.7 Å². The molecule has 1 N–H and O–H groups in total. The number of para-hydroxylation sites is 1. The zero-order chi connectivity index (χ0) is 19.1. The topological polar surface area (TPSA) is 47.6 Å². The van der Waals surface area contributed by atoms with Gasteiger partial charge in [0.05, 0.1) is 19.8 Å². The van der Waals surface area contributed by atoms with Crippen molar-refractivity contribution in [3.8, 4) is 23.3 Å². The van der Waals surface area contributed by atoms with Crippen molar-refractivity contribution in [3.63, 3.8) is 0 Å². The molecule has 4 nitrogen and oxygen atoms in total. The number of rotatable bonds is 4. The number of nitrogens with one attached hydrogen (secondary N) is 1. The highest BCUT2D eigenvalue weighted by molar-refractivity contribution is 6.06. The van der Waals surface area contributed by atoms with Crippen LogP contribution in [0.3, 0.4) is 0 Å². The van der Waals surface area contributed by atoms with E-state index in [4.69, 9.17) is 9.47 Å². The van der Waals surface area contributed by atoms with E-state index >= 15 is 0 Å². The highest BCUT2D eigenvalue weighted by Crippen LogP contribution is 2.31. The Bertz CT molecular complexity index is 1000. The van der Waals surface area contributed by atoms with Crippen LogP contribution in [0.2, 0.25) is 0 Å². The lowest BCUT2D eigenvalue weighted by Crippen LogP contribution is -2.13. The van der Waals surface area contributed by atoms with Gasteiger partial charge in [0, 0.05) is 16.8 Å². The van der Waals surface area contributed by atoms with Crippen LogP contribution in [-0.4, -0.2) is 20.1 Å². The van der Waals surface area contributed by atoms with Crippen molar-refractivity contribution in [1.82, 2.24) is 0 Å². The van der Waals surface area contributed by atoms with Crippen LogP contribution in [0.25, 0.3) is 0 Å². The number of benzene rings is 3. The van der Waals surface area contributed by atoms with Gasteiger partial charge in [-0.3, -0.25) is 4.79 Å². The van der Waals surface area contributed by atoms with Crippen LogP contribution in [0, 0.1) is 11.8 Å². The fraction of sp³-hybridized carbons (Fsp3) is 0.0870. The van der Waals surface area contributed by atoms with E-state index in [1.165, 1.54) is 14.2 Å². The standard InChI is InChI=1S/C23H19NO3/c1-26-21-13-7-12-20(22(21)27-2)23(25)24-19-11-6-10-18(16-19)15-14-17-8-4-3-5-9-17/h3-13,16H,1-2H3,(H,24,25). The first-order valence-corrected chi connectivity index (χ1v) is 8.40. The van der Waals surface area contributed by atoms with Gasteiger partial charge in [0.25, 0.3) is 5.91 Å². The monoisotopic (exact) mass is 357 g/mol. The second kappa shape index (κ2) is 8.59. The smallest absolute Gasteiger partial charge is 0.259 e. The first-order valence-electron chi connectivity index (χ1n) is 8.40. The van der Waals surface area contributed by atoms with E-state index in [9.17, 15) is 4.79 Å². The summed E-state index contributed by atoms with van der Waals surface area (Å²) in [6.45, 7) is 0. The fourth-order valence-electron chi connectivity index (χ4n) is 2.60. The molecule has 0 atom stereocenters. The number of methoxy groups -OCH3 is 2. The Kier molecular flexibility index (Phi) is 5.76. The lowest BCUT2D eigenvalue weighted by molar-refractivity contribution is 0.102. The molecular weight excluding hydrogens is 338 g/mol. The molecule has 0 fully saturated rings. The normalized spacial score (nSPS) is 9.70. The minimum Gasteiger partial charge on any atom is -0.493 e. The van der Waals surface area contributed by atoms with Gasteiger partial charge >= 0.3 is 0 Å². The molecule has 3 rings (SSSR count). The molecule has 0 aliphatic rings. The van der Waals surface area contributed by atoms with Crippen molar-refractivity contribution in [2.75, 3.05) is 19.5 Å². The average Bonchev–Trinajstić information content (AvgIpc) is 2.72. The fourth-order valence-corrected chi connectivity index (χ4v) is 2.60. The van der Waals surface area contributed by atoms with Crippen molar-refractivity contribution in [2.45, 2.75) is 0 Å². The van der Waals surface area contributed by atoms with Gasteiger partial charge in [0.2, 0.25) is 0 Å². The van der Waals surface area contributed by atoms with E-state index in [0.717, 1.165) is 11.1 Å². The Morgan fingerprint density at radius 2 is 1.52 bits per heavy atom. The maximum atomic E-state index is 12.7. The predicted molar refractivity (Wildman–Crippen MR) is 106 cm³/mol. The Balaban J connectivity index is 1.81. The third kappa shape index (κ3) is 4.47. The Morgan fingerprint density at radius 3 is 2.26 bits per heavy atom. The van der Waals surface area contributed by atoms with E-state index in [1.807, 2.05) is 54.6 Å². The van der Waals surface area contributed by atoms with Crippen LogP contribution >= 0.6 is 0 Å². The van der Waals surface area contributed by atoms with E-state index < -0.39 is 0 Å². The number of amides is 1. The largest absolute Gasteiger partial charge is 0.493 e. The predicted octanol–water partition coefficient (Wildman–Crippen LogP) is 4.36. The summed E-state index contributed by atoms with van der Waals surface area (Å²) in [6.07, 6.45) is 0. The summed E-state index contributed by atoms with van der Waals surface area (Å²) in [5.41, 5.74) is 2.81. The summed E-state index contributed by atoms with van der Waals surface area (Å²) in [7, 11) is 3.04. The van der Waals surface area contributed by atoms with Crippen molar-refractivity contribution < 1.29 is 14.3 Å². The minimum atomic E-state index is -0.279. The third-order valence-electron chi connectivity index (χ3n) is 3.89. The van der Waals surface area contributed by atoms with Gasteiger partial charge in [-0.15, -0.1) is 0 Å². The first-order chi connectivity index (χ1) is 13.2. The van der Waals surface area contributed by atoms with E-state index in [2.05, 4.69) is 17.2 Å². The number of hydrogen-bond donors (Lipinski definition) is 1. The summed E-state index contributed by atoms with van der Waals surface area (Å²) in [5.74, 6) is 6.85. The third-order valence-corrected chi connectivity index (χ3v) is 3.89. The average molecular weight is 357 g/mol. The van der Waals surface area contributed by atoms with Crippen molar-refractivity contribution in [3.05, 3.63) is 89.5 Å². The number of ether oxygens (including phenoxy) is 2. The summed E-state index contributed by atoms with van der Waals surface area (Å²) < 4.78 is 10.6. The Hall–Kier alpha value is -3.71. The van der Waals surface area contributed by atoms with Crippen LogP contribution < -0.4 is 14.8 Å². The number of hydrogen-bond acceptors (Lipinski definition) is 3. The van der Waals surface area contributed by atoms with Gasteiger partial charge in [-0.2, -0.15) is 0 Å². The molecule has 0 heterocycles. The molecule has 3 aromatic rings. The molecule has 3 aromatic carbocycles. The van der Waals surface area contributed by atoms with Crippen molar-refractivity contribution in [1.29, 1.82) is 0 Å². The maximum Gasteiger partial charge on any atom is 0.259 e. The van der Waals surface area contributed by atoms with E-state index in [1.54, 1.807) is 18.2 Å². The van der Waals surface area contributed by atoms with Crippen LogP contribution in [0.5, 0.6) is 11.5 Å².